The van der Waals surface area contributed by atoms with Gasteiger partial charge in [-0.05, 0) is 6.08 Å². The molecule has 0 aromatic heterocycles. The molecule has 3 nitrogen and oxygen atoms in total. The van der Waals surface area contributed by atoms with Crippen molar-refractivity contribution in [3.8, 4) is 0 Å². The molecular formula is C19H33NO2Sn. The molecule has 0 aromatic rings. The van der Waals surface area contributed by atoms with Crippen LogP contribution in [-0.2, 0) is 9.84 Å². The van der Waals surface area contributed by atoms with E-state index in [0.29, 0.717) is 0 Å². The van der Waals surface area contributed by atoms with Crippen LogP contribution in [-0.4, -0.2) is 37.2 Å². The average Bonchev–Trinajstić information content (AvgIpc) is 2.62. The van der Waals surface area contributed by atoms with E-state index in [9.17, 15) is 5.11 Å². The van der Waals surface area contributed by atoms with E-state index < -0.39 is 5.95 Å². The minimum atomic E-state index is -0.433. The van der Waals surface area contributed by atoms with Gasteiger partial charge in [-0.3, -0.25) is 0 Å². The molecule has 0 N–H and O–H groups in total. The zero-order chi connectivity index (χ0) is 17.6. The molecule has 1 aliphatic rings. The van der Waals surface area contributed by atoms with Crippen molar-refractivity contribution in [3.05, 3.63) is 50.3 Å². The van der Waals surface area contributed by atoms with E-state index in [4.69, 9.17) is 0 Å². The van der Waals surface area contributed by atoms with Gasteiger partial charge in [0.2, 0.25) is 0 Å². The summed E-state index contributed by atoms with van der Waals surface area (Å²) >= 11 is 0. The van der Waals surface area contributed by atoms with Gasteiger partial charge in [-0.2, -0.15) is 0 Å². The molecule has 0 amide bonds. The zero-order valence-electron chi connectivity index (χ0n) is 15.4. The van der Waals surface area contributed by atoms with Crippen LogP contribution in [0.3, 0.4) is 0 Å². The molecule has 4 heteroatoms. The van der Waals surface area contributed by atoms with Gasteiger partial charge in [0.25, 0.3) is 0 Å². The Morgan fingerprint density at radius 2 is 1.48 bits per heavy atom. The fourth-order valence-electron chi connectivity index (χ4n) is 0.541. The summed E-state index contributed by atoms with van der Waals surface area (Å²) in [5, 5.41) is 10.7. The van der Waals surface area contributed by atoms with Gasteiger partial charge in [-0.25, -0.2) is 10.1 Å². The fourth-order valence-corrected chi connectivity index (χ4v) is 0.541. The Kier molecular flexibility index (Phi) is 38.6. The van der Waals surface area contributed by atoms with Crippen molar-refractivity contribution in [2.75, 3.05) is 7.11 Å². The number of aliphatic imine (C=N–C) groups is 1. The number of hydrogen-bond acceptors (Lipinski definition) is 2. The minimum Gasteiger partial charge on any atom is -0.464 e. The molecule has 0 atom stereocenters. The Morgan fingerprint density at radius 3 is 1.70 bits per heavy atom. The molecular weight excluding hydrogens is 393 g/mol. The molecule has 0 aromatic carbocycles. The first-order chi connectivity index (χ1) is 10.6. The molecule has 1 rings (SSSR count). The van der Waals surface area contributed by atoms with Gasteiger partial charge in [-0.1, -0.05) is 80.1 Å². The Balaban J connectivity index is -0.000000118. The molecule has 0 spiro atoms. The van der Waals surface area contributed by atoms with E-state index >= 15 is 0 Å². The fraction of sp³-hybridized carbons (Fsp3) is 0.526. The third-order valence-electron chi connectivity index (χ3n) is 2.06. The van der Waals surface area contributed by atoms with Crippen molar-refractivity contribution in [2.24, 2.45) is 4.99 Å². The molecule has 1 heterocycles. The standard InChI is InChI=1S/C7H6NO2.3C4H9.Sn/c1-10-7(9)6-4-2-3-5-8-6;3*1-3-4-2;/h3-5H,1H3;3*1,3-4H2,2H3;. The first-order valence-corrected chi connectivity index (χ1v) is 7.87. The van der Waals surface area contributed by atoms with Crippen LogP contribution in [0.5, 0.6) is 0 Å². The maximum absolute atomic E-state index is 10.7. The Labute approximate surface area is 161 Å². The summed E-state index contributed by atoms with van der Waals surface area (Å²) in [6.45, 7) is 17.2. The number of rotatable bonds is 4. The second-order valence-electron chi connectivity index (χ2n) is 4.19. The Morgan fingerprint density at radius 1 is 1.09 bits per heavy atom. The van der Waals surface area contributed by atoms with Crippen LogP contribution >= 0.6 is 0 Å². The van der Waals surface area contributed by atoms with Gasteiger partial charge in [0.15, 0.2) is 5.70 Å². The van der Waals surface area contributed by atoms with Gasteiger partial charge in [-0.15, -0.1) is 5.73 Å². The zero-order valence-corrected chi connectivity index (χ0v) is 18.2. The Hall–Kier alpha value is -0.671. The predicted molar refractivity (Wildman–Crippen MR) is 102 cm³/mol. The van der Waals surface area contributed by atoms with Crippen molar-refractivity contribution >= 4 is 30.1 Å². The van der Waals surface area contributed by atoms with Crippen molar-refractivity contribution < 1.29 is 9.84 Å². The first kappa shape index (κ1) is 30.2. The number of hydrogen-bond donors (Lipinski definition) is 0. The summed E-state index contributed by atoms with van der Waals surface area (Å²) in [6.07, 6.45) is 11.4. The third kappa shape index (κ3) is 29.9. The largest absolute Gasteiger partial charge is 0.464 e. The molecule has 0 saturated carbocycles. The van der Waals surface area contributed by atoms with Gasteiger partial charge in [0, 0.05) is 36.2 Å². The smallest absolute Gasteiger partial charge is 0.357 e. The molecule has 1 aliphatic heterocycles. The topological polar surface area (TPSA) is 41.5 Å². The van der Waals surface area contributed by atoms with E-state index in [1.54, 1.807) is 6.08 Å². The van der Waals surface area contributed by atoms with Crippen LogP contribution in [0, 0.1) is 20.8 Å². The monoisotopic (exact) mass is 427 g/mol. The van der Waals surface area contributed by atoms with Gasteiger partial charge < -0.3 is 4.74 Å². The first-order valence-electron chi connectivity index (χ1n) is 7.87. The summed E-state index contributed by atoms with van der Waals surface area (Å²) in [7, 11) is 1.32. The molecule has 0 bridgehead atoms. The third-order valence-corrected chi connectivity index (χ3v) is 2.06. The van der Waals surface area contributed by atoms with E-state index in [1.807, 2.05) is 0 Å². The van der Waals surface area contributed by atoms with Crippen LogP contribution in [0.2, 0.25) is 0 Å². The van der Waals surface area contributed by atoms with Crippen molar-refractivity contribution in [3.63, 3.8) is 0 Å². The normalized spacial score (nSPS) is 12.3. The number of ether oxygens (including phenoxy) is 1. The molecule has 130 valence electrons. The van der Waals surface area contributed by atoms with Crippen LogP contribution in [0.4, 0.5) is 0 Å². The van der Waals surface area contributed by atoms with Crippen molar-refractivity contribution in [1.29, 1.82) is 0 Å². The summed E-state index contributed by atoms with van der Waals surface area (Å²) < 4.78 is 4.41. The number of methoxy groups -OCH3 is 1. The van der Waals surface area contributed by atoms with Gasteiger partial charge >= 0.3 is 5.95 Å². The molecule has 0 fully saturated rings. The molecule has 23 heavy (non-hydrogen) atoms. The summed E-state index contributed by atoms with van der Waals surface area (Å²) in [6, 6.07) is 0. The molecule has 0 saturated heterocycles. The number of unbranched alkanes of at least 4 members (excludes halogenated alkanes) is 3. The van der Waals surface area contributed by atoms with Gasteiger partial charge in [0.1, 0.15) is 0 Å². The Bertz CT molecular complexity index is 315. The maximum Gasteiger partial charge on any atom is 0.357 e. The maximum atomic E-state index is 10.7. The minimum absolute atomic E-state index is 0. The molecule has 0 aliphatic carbocycles. The second kappa shape index (κ2) is 29.4. The van der Waals surface area contributed by atoms with Gasteiger partial charge in [0.05, 0.1) is 7.11 Å². The summed E-state index contributed by atoms with van der Waals surface area (Å²) in [5.74, 6) is -0.433. The molecule has 8 radical (unpaired) electrons. The predicted octanol–water partition coefficient (Wildman–Crippen LogP) is 5.51. The van der Waals surface area contributed by atoms with E-state index in [-0.39, 0.29) is 29.6 Å². The van der Waals surface area contributed by atoms with Crippen LogP contribution < -0.4 is 0 Å². The van der Waals surface area contributed by atoms with E-state index in [0.717, 1.165) is 19.3 Å². The van der Waals surface area contributed by atoms with Crippen molar-refractivity contribution in [2.45, 2.75) is 59.3 Å². The second-order valence-corrected chi connectivity index (χ2v) is 4.19. The molecule has 0 unspecified atom stereocenters. The van der Waals surface area contributed by atoms with E-state index in [2.05, 4.69) is 57.0 Å². The number of nitrogens with zero attached hydrogens (tertiary/aromatic N) is 1. The number of allylic oxidation sites excluding steroid dienone is 1. The summed E-state index contributed by atoms with van der Waals surface area (Å²) in [5.41, 5.74) is 3.00. The van der Waals surface area contributed by atoms with Crippen LogP contribution in [0.25, 0.3) is 0 Å². The van der Waals surface area contributed by atoms with Crippen molar-refractivity contribution in [1.82, 2.24) is 0 Å². The quantitative estimate of drug-likeness (QED) is 0.332. The average molecular weight is 426 g/mol. The van der Waals surface area contributed by atoms with E-state index in [1.165, 1.54) is 38.7 Å². The van der Waals surface area contributed by atoms with Crippen LogP contribution in [0.1, 0.15) is 59.3 Å². The van der Waals surface area contributed by atoms with Crippen LogP contribution in [0.15, 0.2) is 34.5 Å². The summed E-state index contributed by atoms with van der Waals surface area (Å²) in [4.78, 5) is 3.74. The SMILES string of the molecule is COC([O])=C1C=C=CC=N1.[CH2]CCC.[CH2]CCC.[CH2]CCC.[Sn].